The quantitative estimate of drug-likeness (QED) is 0.736. The normalized spacial score (nSPS) is 16.6. The molecular formula is C16H18N4O3S3. The first-order valence-corrected chi connectivity index (χ1v) is 11.7. The Kier molecular flexibility index (Phi) is 4.66. The Labute approximate surface area is 160 Å². The van der Waals surface area contributed by atoms with Crippen LogP contribution < -0.4 is 9.62 Å². The van der Waals surface area contributed by atoms with Crippen molar-refractivity contribution in [2.24, 2.45) is 5.92 Å². The lowest BCUT2D eigenvalue weighted by molar-refractivity contribution is -0.119. The lowest BCUT2D eigenvalue weighted by atomic mass is 10.2. The third kappa shape index (κ3) is 3.45. The van der Waals surface area contributed by atoms with E-state index in [1.807, 2.05) is 6.92 Å². The molecule has 0 radical (unpaired) electrons. The van der Waals surface area contributed by atoms with Gasteiger partial charge in [-0.1, -0.05) is 30.0 Å². The van der Waals surface area contributed by atoms with Crippen LogP contribution in [0.3, 0.4) is 0 Å². The number of anilines is 2. The molecule has 1 aliphatic carbocycles. The Hall–Kier alpha value is -1.65. The molecule has 138 valence electrons. The Morgan fingerprint density at radius 3 is 2.92 bits per heavy atom. The zero-order valence-electron chi connectivity index (χ0n) is 14.1. The molecule has 4 rings (SSSR count). The van der Waals surface area contributed by atoms with Crippen LogP contribution in [0.15, 0.2) is 27.4 Å². The number of benzene rings is 1. The molecule has 0 spiro atoms. The zero-order valence-corrected chi connectivity index (χ0v) is 16.6. The highest BCUT2D eigenvalue weighted by Gasteiger charge is 2.36. The third-order valence-electron chi connectivity index (χ3n) is 4.35. The third-order valence-corrected chi connectivity index (χ3v) is 7.67. The van der Waals surface area contributed by atoms with Crippen molar-refractivity contribution in [2.45, 2.75) is 35.4 Å². The Morgan fingerprint density at radius 2 is 2.19 bits per heavy atom. The topological polar surface area (TPSA) is 92.3 Å². The molecule has 1 aromatic heterocycles. The van der Waals surface area contributed by atoms with E-state index in [1.54, 1.807) is 23.1 Å². The number of amides is 1. The van der Waals surface area contributed by atoms with Crippen LogP contribution in [0, 0.1) is 5.92 Å². The van der Waals surface area contributed by atoms with Gasteiger partial charge in [-0.3, -0.25) is 9.52 Å². The maximum atomic E-state index is 12.6. The summed E-state index contributed by atoms with van der Waals surface area (Å²) in [6.45, 7) is 2.62. The molecule has 26 heavy (non-hydrogen) atoms. The number of nitrogens with one attached hydrogen (secondary N) is 1. The maximum absolute atomic E-state index is 12.6. The van der Waals surface area contributed by atoms with Gasteiger partial charge < -0.3 is 4.90 Å². The minimum atomic E-state index is -3.73. The van der Waals surface area contributed by atoms with Gasteiger partial charge in [0.25, 0.3) is 10.0 Å². The van der Waals surface area contributed by atoms with Crippen molar-refractivity contribution in [2.75, 3.05) is 21.9 Å². The van der Waals surface area contributed by atoms with Crippen molar-refractivity contribution in [1.82, 2.24) is 10.2 Å². The molecule has 0 saturated heterocycles. The molecule has 1 amide bonds. The molecule has 2 heterocycles. The number of sulfonamides is 1. The fourth-order valence-corrected chi connectivity index (χ4v) is 5.86. The van der Waals surface area contributed by atoms with E-state index in [1.165, 1.54) is 23.1 Å². The summed E-state index contributed by atoms with van der Waals surface area (Å²) >= 11 is 2.73. The standard InChI is InChI=1S/C16H18N4O3S3/c1-2-24-16-18-17-15(25-16)19-26(22,23)12-5-6-13-11(9-12)7-8-20(13)14(21)10-3-4-10/h5-6,9-10H,2-4,7-8H2,1H3,(H,17,19). The summed E-state index contributed by atoms with van der Waals surface area (Å²) in [6, 6.07) is 4.93. The number of carbonyl (C=O) groups excluding carboxylic acids is 1. The van der Waals surface area contributed by atoms with E-state index in [2.05, 4.69) is 14.9 Å². The van der Waals surface area contributed by atoms with E-state index in [4.69, 9.17) is 0 Å². The summed E-state index contributed by atoms with van der Waals surface area (Å²) in [5, 5.41) is 8.09. The van der Waals surface area contributed by atoms with Gasteiger partial charge in [0.1, 0.15) is 0 Å². The Bertz CT molecular complexity index is 953. The number of hydrogen-bond acceptors (Lipinski definition) is 7. The molecule has 7 nitrogen and oxygen atoms in total. The average molecular weight is 411 g/mol. The minimum absolute atomic E-state index is 0.151. The van der Waals surface area contributed by atoms with Crippen molar-refractivity contribution < 1.29 is 13.2 Å². The van der Waals surface area contributed by atoms with E-state index in [-0.39, 0.29) is 21.9 Å². The molecule has 1 N–H and O–H groups in total. The van der Waals surface area contributed by atoms with Gasteiger partial charge in [0.15, 0.2) is 4.34 Å². The number of aromatic nitrogens is 2. The van der Waals surface area contributed by atoms with E-state index in [0.717, 1.165) is 34.2 Å². The smallest absolute Gasteiger partial charge is 0.263 e. The first kappa shape index (κ1) is 17.7. The fourth-order valence-electron chi connectivity index (χ4n) is 2.93. The highest BCUT2D eigenvalue weighted by molar-refractivity contribution is 8.01. The van der Waals surface area contributed by atoms with Gasteiger partial charge in [-0.15, -0.1) is 10.2 Å². The molecular weight excluding hydrogens is 392 g/mol. The van der Waals surface area contributed by atoms with Crippen LogP contribution >= 0.6 is 23.1 Å². The second-order valence-corrected chi connectivity index (χ2v) is 10.4. The van der Waals surface area contributed by atoms with Crippen molar-refractivity contribution >= 4 is 49.8 Å². The predicted molar refractivity (Wildman–Crippen MR) is 102 cm³/mol. The molecule has 1 aliphatic heterocycles. The monoisotopic (exact) mass is 410 g/mol. The van der Waals surface area contributed by atoms with Crippen molar-refractivity contribution in [1.29, 1.82) is 0 Å². The second-order valence-electron chi connectivity index (χ2n) is 6.22. The fraction of sp³-hybridized carbons (Fsp3) is 0.438. The minimum Gasteiger partial charge on any atom is -0.312 e. The van der Waals surface area contributed by atoms with Crippen LogP contribution in [0.1, 0.15) is 25.3 Å². The van der Waals surface area contributed by atoms with Crippen LogP contribution in [-0.4, -0.2) is 36.8 Å². The molecule has 2 aliphatic rings. The lowest BCUT2D eigenvalue weighted by Gasteiger charge is -2.17. The summed E-state index contributed by atoms with van der Waals surface area (Å²) in [5.74, 6) is 1.16. The molecule has 2 aromatic rings. The van der Waals surface area contributed by atoms with E-state index >= 15 is 0 Å². The summed E-state index contributed by atoms with van der Waals surface area (Å²) in [7, 11) is -3.73. The van der Waals surface area contributed by atoms with E-state index < -0.39 is 10.0 Å². The van der Waals surface area contributed by atoms with Gasteiger partial charge in [-0.05, 0) is 48.8 Å². The van der Waals surface area contributed by atoms with E-state index in [0.29, 0.717) is 13.0 Å². The molecule has 1 fully saturated rings. The first-order valence-electron chi connectivity index (χ1n) is 8.41. The summed E-state index contributed by atoms with van der Waals surface area (Å²) in [5.41, 5.74) is 1.72. The van der Waals surface area contributed by atoms with E-state index in [9.17, 15) is 13.2 Å². The zero-order chi connectivity index (χ0) is 18.3. The number of carbonyl (C=O) groups is 1. The molecule has 1 aromatic carbocycles. The second kappa shape index (κ2) is 6.82. The van der Waals surface area contributed by atoms with Gasteiger partial charge >= 0.3 is 0 Å². The molecule has 0 unspecified atom stereocenters. The Morgan fingerprint density at radius 1 is 1.38 bits per heavy atom. The predicted octanol–water partition coefficient (Wildman–Crippen LogP) is 2.75. The molecule has 1 saturated carbocycles. The molecule has 10 heteroatoms. The van der Waals surface area contributed by atoms with Gasteiger partial charge in [0.05, 0.1) is 4.90 Å². The number of fused-ring (bicyclic) bond motifs is 1. The van der Waals surface area contributed by atoms with Crippen molar-refractivity contribution in [3.63, 3.8) is 0 Å². The Balaban J connectivity index is 1.54. The maximum Gasteiger partial charge on any atom is 0.263 e. The summed E-state index contributed by atoms with van der Waals surface area (Å²) in [6.07, 6.45) is 2.59. The number of rotatable bonds is 6. The van der Waals surface area contributed by atoms with Crippen molar-refractivity contribution in [3.8, 4) is 0 Å². The van der Waals surface area contributed by atoms with Gasteiger partial charge in [0, 0.05) is 18.2 Å². The largest absolute Gasteiger partial charge is 0.312 e. The highest BCUT2D eigenvalue weighted by atomic mass is 32.2. The van der Waals surface area contributed by atoms with Gasteiger partial charge in [-0.25, -0.2) is 8.42 Å². The van der Waals surface area contributed by atoms with Crippen LogP contribution in [0.25, 0.3) is 0 Å². The number of hydrogen-bond donors (Lipinski definition) is 1. The van der Waals surface area contributed by atoms with Crippen LogP contribution in [-0.2, 0) is 21.2 Å². The average Bonchev–Trinajstić information content (AvgIpc) is 3.24. The number of nitrogens with zero attached hydrogens (tertiary/aromatic N) is 3. The molecule has 0 bridgehead atoms. The summed E-state index contributed by atoms with van der Waals surface area (Å²) < 4.78 is 28.5. The van der Waals surface area contributed by atoms with Gasteiger partial charge in [-0.2, -0.15) is 0 Å². The van der Waals surface area contributed by atoms with Crippen molar-refractivity contribution in [3.05, 3.63) is 23.8 Å². The van der Waals surface area contributed by atoms with Crippen LogP contribution in [0.5, 0.6) is 0 Å². The lowest BCUT2D eigenvalue weighted by Crippen LogP contribution is -2.30. The van der Waals surface area contributed by atoms with Gasteiger partial charge in [0.2, 0.25) is 11.0 Å². The van der Waals surface area contributed by atoms with Crippen LogP contribution in [0.4, 0.5) is 10.8 Å². The first-order chi connectivity index (χ1) is 12.5. The molecule has 0 atom stereocenters. The number of thioether (sulfide) groups is 1. The van der Waals surface area contributed by atoms with Crippen LogP contribution in [0.2, 0.25) is 0 Å². The SMILES string of the molecule is CCSc1nnc(NS(=O)(=O)c2ccc3c(c2)CCN3C(=O)C2CC2)s1. The highest BCUT2D eigenvalue weighted by Crippen LogP contribution is 2.37. The summed E-state index contributed by atoms with van der Waals surface area (Å²) in [4.78, 5) is 14.3.